The van der Waals surface area contributed by atoms with Gasteiger partial charge in [0.05, 0.1) is 5.01 Å². The summed E-state index contributed by atoms with van der Waals surface area (Å²) in [5.74, 6) is -0.0493. The SMILES string of the molecule is Cc1csc(CCNC(=O)CCc2c(C)[nH]c(=O)c(C#N)c2C)n1. The van der Waals surface area contributed by atoms with Gasteiger partial charge >= 0.3 is 0 Å². The van der Waals surface area contributed by atoms with Gasteiger partial charge in [0.1, 0.15) is 11.6 Å². The molecule has 1 amide bonds. The second-order valence-corrected chi connectivity index (χ2v) is 6.59. The van der Waals surface area contributed by atoms with E-state index in [4.69, 9.17) is 5.26 Å². The van der Waals surface area contributed by atoms with Gasteiger partial charge in [-0.25, -0.2) is 4.98 Å². The lowest BCUT2D eigenvalue weighted by atomic mass is 9.99. The van der Waals surface area contributed by atoms with Gasteiger partial charge in [0.2, 0.25) is 5.91 Å². The zero-order valence-corrected chi connectivity index (χ0v) is 14.8. The predicted molar refractivity (Wildman–Crippen MR) is 93.1 cm³/mol. The van der Waals surface area contributed by atoms with Crippen LogP contribution in [0.1, 0.15) is 39.5 Å². The molecule has 0 saturated carbocycles. The maximum Gasteiger partial charge on any atom is 0.266 e. The molecule has 0 unspecified atom stereocenters. The summed E-state index contributed by atoms with van der Waals surface area (Å²) < 4.78 is 0. The molecule has 126 valence electrons. The smallest absolute Gasteiger partial charge is 0.266 e. The molecule has 2 N–H and O–H groups in total. The monoisotopic (exact) mass is 344 g/mol. The van der Waals surface area contributed by atoms with Crippen LogP contribution in [0, 0.1) is 32.1 Å². The number of aromatic nitrogens is 2. The first-order valence-corrected chi connectivity index (χ1v) is 8.60. The molecule has 0 bridgehead atoms. The van der Waals surface area contributed by atoms with E-state index in [0.717, 1.165) is 22.7 Å². The van der Waals surface area contributed by atoms with Crippen molar-refractivity contribution in [2.75, 3.05) is 6.54 Å². The largest absolute Gasteiger partial charge is 0.356 e. The Morgan fingerprint density at radius 1 is 1.38 bits per heavy atom. The van der Waals surface area contributed by atoms with Gasteiger partial charge in [-0.1, -0.05) is 0 Å². The summed E-state index contributed by atoms with van der Waals surface area (Å²) in [6.07, 6.45) is 1.53. The first-order chi connectivity index (χ1) is 11.4. The quantitative estimate of drug-likeness (QED) is 0.836. The Morgan fingerprint density at radius 2 is 2.12 bits per heavy atom. The summed E-state index contributed by atoms with van der Waals surface area (Å²) >= 11 is 1.59. The van der Waals surface area contributed by atoms with Crippen LogP contribution in [0.2, 0.25) is 0 Å². The molecule has 0 saturated heterocycles. The Bertz CT molecular complexity index is 845. The number of nitrogens with one attached hydrogen (secondary N) is 2. The fourth-order valence-electron chi connectivity index (χ4n) is 2.57. The molecule has 0 spiro atoms. The van der Waals surface area contributed by atoms with E-state index in [1.54, 1.807) is 25.2 Å². The highest BCUT2D eigenvalue weighted by Gasteiger charge is 2.13. The van der Waals surface area contributed by atoms with E-state index in [1.165, 1.54) is 0 Å². The Kier molecular flexibility index (Phi) is 5.88. The third kappa shape index (κ3) is 4.30. The molecule has 2 aromatic heterocycles. The fraction of sp³-hybridized carbons (Fsp3) is 0.412. The molecule has 7 heteroatoms. The molecule has 0 aliphatic carbocycles. The zero-order valence-electron chi connectivity index (χ0n) is 14.0. The number of nitrogens with zero attached hydrogens (tertiary/aromatic N) is 2. The van der Waals surface area contributed by atoms with Gasteiger partial charge in [-0.15, -0.1) is 11.3 Å². The molecule has 0 atom stereocenters. The molecule has 0 aliphatic rings. The number of nitriles is 1. The van der Waals surface area contributed by atoms with Gasteiger partial charge in [0.15, 0.2) is 0 Å². The second kappa shape index (κ2) is 7.88. The summed E-state index contributed by atoms with van der Waals surface area (Å²) in [4.78, 5) is 30.7. The van der Waals surface area contributed by atoms with Crippen LogP contribution >= 0.6 is 11.3 Å². The van der Waals surface area contributed by atoms with Crippen molar-refractivity contribution in [3.63, 3.8) is 0 Å². The topological polar surface area (TPSA) is 98.6 Å². The molecular formula is C17H20N4O2S. The van der Waals surface area contributed by atoms with E-state index in [2.05, 4.69) is 15.3 Å². The van der Waals surface area contributed by atoms with Gasteiger partial charge in [-0.2, -0.15) is 5.26 Å². The first-order valence-electron chi connectivity index (χ1n) is 7.72. The number of hydrogen-bond acceptors (Lipinski definition) is 5. The number of carbonyl (C=O) groups is 1. The molecule has 0 aliphatic heterocycles. The summed E-state index contributed by atoms with van der Waals surface area (Å²) in [6.45, 7) is 6.04. The highest BCUT2D eigenvalue weighted by molar-refractivity contribution is 7.09. The van der Waals surface area contributed by atoms with E-state index in [-0.39, 0.29) is 17.0 Å². The van der Waals surface area contributed by atoms with Crippen molar-refractivity contribution in [1.82, 2.24) is 15.3 Å². The molecule has 0 radical (unpaired) electrons. The van der Waals surface area contributed by atoms with Crippen molar-refractivity contribution in [2.45, 2.75) is 40.0 Å². The molecule has 2 heterocycles. The zero-order chi connectivity index (χ0) is 17.7. The number of amides is 1. The molecule has 2 aromatic rings. The van der Waals surface area contributed by atoms with Crippen LogP contribution < -0.4 is 10.9 Å². The standard InChI is InChI=1S/C17H20N4O2S/c1-10-9-24-16(20-10)6-7-19-15(22)5-4-13-11(2)14(8-18)17(23)21-12(13)3/h9H,4-7H2,1-3H3,(H,19,22)(H,21,23). The Balaban J connectivity index is 1.90. The number of aryl methyl sites for hydroxylation is 2. The molecule has 0 fully saturated rings. The highest BCUT2D eigenvalue weighted by Crippen LogP contribution is 2.15. The number of H-pyrrole nitrogens is 1. The lowest BCUT2D eigenvalue weighted by Gasteiger charge is -2.10. The summed E-state index contributed by atoms with van der Waals surface area (Å²) in [7, 11) is 0. The van der Waals surface area contributed by atoms with Crippen LogP contribution in [-0.4, -0.2) is 22.4 Å². The summed E-state index contributed by atoms with van der Waals surface area (Å²) in [5, 5.41) is 14.9. The first kappa shape index (κ1) is 17.9. The van der Waals surface area contributed by atoms with Gasteiger partial charge in [-0.05, 0) is 38.3 Å². The van der Waals surface area contributed by atoms with Gasteiger partial charge in [0.25, 0.3) is 5.56 Å². The van der Waals surface area contributed by atoms with Crippen LogP contribution in [0.25, 0.3) is 0 Å². The average molecular weight is 344 g/mol. The number of carbonyl (C=O) groups excluding carboxylic acids is 1. The number of aromatic amines is 1. The minimum atomic E-state index is -0.376. The number of pyridine rings is 1. The summed E-state index contributed by atoms with van der Waals surface area (Å²) in [6, 6.07) is 1.92. The Morgan fingerprint density at radius 3 is 2.75 bits per heavy atom. The van der Waals surface area contributed by atoms with Gasteiger partial charge in [-0.3, -0.25) is 9.59 Å². The maximum atomic E-state index is 12.0. The van der Waals surface area contributed by atoms with Crippen LogP contribution in [0.5, 0.6) is 0 Å². The van der Waals surface area contributed by atoms with Crippen molar-refractivity contribution in [3.8, 4) is 6.07 Å². The lowest BCUT2D eigenvalue weighted by Crippen LogP contribution is -2.26. The number of hydrogen-bond donors (Lipinski definition) is 2. The van der Waals surface area contributed by atoms with E-state index in [1.807, 2.05) is 18.4 Å². The van der Waals surface area contributed by atoms with Crippen molar-refractivity contribution in [3.05, 3.63) is 48.8 Å². The normalized spacial score (nSPS) is 10.4. The average Bonchev–Trinajstić information content (AvgIpc) is 2.92. The highest BCUT2D eigenvalue weighted by atomic mass is 32.1. The Hall–Kier alpha value is -2.46. The predicted octanol–water partition coefficient (Wildman–Crippen LogP) is 1.92. The second-order valence-electron chi connectivity index (χ2n) is 5.65. The van der Waals surface area contributed by atoms with E-state index in [0.29, 0.717) is 30.6 Å². The van der Waals surface area contributed by atoms with Crippen LogP contribution in [0.15, 0.2) is 10.2 Å². The third-order valence-corrected chi connectivity index (χ3v) is 4.88. The van der Waals surface area contributed by atoms with Crippen molar-refractivity contribution in [1.29, 1.82) is 5.26 Å². The minimum absolute atomic E-state index is 0.0493. The Labute approximate surface area is 144 Å². The van der Waals surface area contributed by atoms with Crippen molar-refractivity contribution in [2.24, 2.45) is 0 Å². The third-order valence-electron chi connectivity index (χ3n) is 3.85. The number of rotatable bonds is 6. The van der Waals surface area contributed by atoms with E-state index in [9.17, 15) is 9.59 Å². The van der Waals surface area contributed by atoms with Crippen LogP contribution in [0.4, 0.5) is 0 Å². The minimum Gasteiger partial charge on any atom is -0.356 e. The molecule has 2 rings (SSSR count). The molecule has 6 nitrogen and oxygen atoms in total. The van der Waals surface area contributed by atoms with Gasteiger partial charge < -0.3 is 10.3 Å². The summed E-state index contributed by atoms with van der Waals surface area (Å²) in [5.41, 5.74) is 2.97. The van der Waals surface area contributed by atoms with Crippen LogP contribution in [-0.2, 0) is 17.6 Å². The van der Waals surface area contributed by atoms with E-state index < -0.39 is 0 Å². The lowest BCUT2D eigenvalue weighted by molar-refractivity contribution is -0.121. The van der Waals surface area contributed by atoms with Gasteiger partial charge in [0, 0.05) is 36.2 Å². The van der Waals surface area contributed by atoms with Crippen molar-refractivity contribution < 1.29 is 4.79 Å². The van der Waals surface area contributed by atoms with Crippen LogP contribution in [0.3, 0.4) is 0 Å². The fourth-order valence-corrected chi connectivity index (χ4v) is 3.35. The number of thiazole rings is 1. The molecule has 0 aromatic carbocycles. The van der Waals surface area contributed by atoms with E-state index >= 15 is 0 Å². The molecular weight excluding hydrogens is 324 g/mol. The van der Waals surface area contributed by atoms with Crippen molar-refractivity contribution >= 4 is 17.2 Å². The molecule has 24 heavy (non-hydrogen) atoms. The maximum absolute atomic E-state index is 12.0.